The standard InChI is InChI=1S/C14H23N3O5S/c1-16(2)14(18)13-7-6-12(22-13)9-15-23(19,20)17-8-4-5-11(17)10-21-3/h6-7,11,15H,4-5,8-10H2,1-3H3/t11-/m0/s1. The molecule has 0 radical (unpaired) electrons. The summed E-state index contributed by atoms with van der Waals surface area (Å²) in [6.07, 6.45) is 1.61. The number of hydrogen-bond acceptors (Lipinski definition) is 5. The van der Waals surface area contributed by atoms with Crippen LogP contribution in [-0.2, 0) is 21.5 Å². The van der Waals surface area contributed by atoms with Crippen LogP contribution in [0.25, 0.3) is 0 Å². The lowest BCUT2D eigenvalue weighted by atomic mass is 10.2. The van der Waals surface area contributed by atoms with Gasteiger partial charge in [-0.2, -0.15) is 17.4 Å². The molecule has 1 atom stereocenters. The first-order valence-electron chi connectivity index (χ1n) is 7.41. The predicted octanol–water partition coefficient (Wildman–Crippen LogP) is 0.427. The van der Waals surface area contributed by atoms with E-state index in [2.05, 4.69) is 4.72 Å². The summed E-state index contributed by atoms with van der Waals surface area (Å²) in [6.45, 7) is 0.855. The van der Waals surface area contributed by atoms with E-state index in [-0.39, 0.29) is 24.3 Å². The van der Waals surface area contributed by atoms with Crippen LogP contribution >= 0.6 is 0 Å². The van der Waals surface area contributed by atoms with Gasteiger partial charge in [0, 0.05) is 33.8 Å². The highest BCUT2D eigenvalue weighted by molar-refractivity contribution is 7.87. The Morgan fingerprint density at radius 2 is 2.22 bits per heavy atom. The highest BCUT2D eigenvalue weighted by Gasteiger charge is 2.34. The van der Waals surface area contributed by atoms with Gasteiger partial charge < -0.3 is 14.1 Å². The molecule has 0 aliphatic carbocycles. The Morgan fingerprint density at radius 1 is 1.48 bits per heavy atom. The van der Waals surface area contributed by atoms with Gasteiger partial charge in [-0.15, -0.1) is 0 Å². The second kappa shape index (κ2) is 7.43. The van der Waals surface area contributed by atoms with Gasteiger partial charge in [0.2, 0.25) is 0 Å². The zero-order chi connectivity index (χ0) is 17.0. The lowest BCUT2D eigenvalue weighted by Gasteiger charge is -2.23. The van der Waals surface area contributed by atoms with Crippen molar-refractivity contribution < 1.29 is 22.4 Å². The molecule has 1 aromatic rings. The van der Waals surface area contributed by atoms with Crippen LogP contribution in [0, 0.1) is 0 Å². The number of carbonyl (C=O) groups is 1. The summed E-state index contributed by atoms with van der Waals surface area (Å²) in [6, 6.07) is 2.99. The number of amides is 1. The van der Waals surface area contributed by atoms with Gasteiger partial charge in [0.25, 0.3) is 16.1 Å². The fourth-order valence-corrected chi connectivity index (χ4v) is 3.96. The highest BCUT2D eigenvalue weighted by Crippen LogP contribution is 2.20. The van der Waals surface area contributed by atoms with E-state index in [9.17, 15) is 13.2 Å². The van der Waals surface area contributed by atoms with E-state index >= 15 is 0 Å². The minimum atomic E-state index is -3.61. The highest BCUT2D eigenvalue weighted by atomic mass is 32.2. The van der Waals surface area contributed by atoms with E-state index in [1.165, 1.54) is 15.3 Å². The molecule has 130 valence electrons. The van der Waals surface area contributed by atoms with Crippen LogP contribution in [0.3, 0.4) is 0 Å². The van der Waals surface area contributed by atoms with Gasteiger partial charge >= 0.3 is 0 Å². The maximum Gasteiger partial charge on any atom is 0.289 e. The largest absolute Gasteiger partial charge is 0.455 e. The Morgan fingerprint density at radius 3 is 2.87 bits per heavy atom. The molecular weight excluding hydrogens is 322 g/mol. The maximum absolute atomic E-state index is 12.4. The average molecular weight is 345 g/mol. The molecule has 1 fully saturated rings. The Bertz CT molecular complexity index is 641. The van der Waals surface area contributed by atoms with Crippen molar-refractivity contribution in [1.82, 2.24) is 13.9 Å². The zero-order valence-electron chi connectivity index (χ0n) is 13.6. The van der Waals surface area contributed by atoms with Crippen molar-refractivity contribution in [1.29, 1.82) is 0 Å². The smallest absolute Gasteiger partial charge is 0.289 e. The lowest BCUT2D eigenvalue weighted by Crippen LogP contribution is -2.44. The fraction of sp³-hybridized carbons (Fsp3) is 0.643. The molecule has 1 aliphatic rings. The van der Waals surface area contributed by atoms with Crippen molar-refractivity contribution in [3.05, 3.63) is 23.7 Å². The molecule has 9 heteroatoms. The SMILES string of the molecule is COC[C@@H]1CCCN1S(=O)(=O)NCc1ccc(C(=O)N(C)C)o1. The van der Waals surface area contributed by atoms with Crippen LogP contribution in [0.2, 0.25) is 0 Å². The van der Waals surface area contributed by atoms with Crippen LogP contribution in [0.15, 0.2) is 16.5 Å². The third kappa shape index (κ3) is 4.31. The van der Waals surface area contributed by atoms with Crippen molar-refractivity contribution in [3.63, 3.8) is 0 Å². The van der Waals surface area contributed by atoms with Crippen LogP contribution in [0.4, 0.5) is 0 Å². The van der Waals surface area contributed by atoms with Gasteiger partial charge in [0.15, 0.2) is 5.76 Å². The molecule has 1 saturated heterocycles. The van der Waals surface area contributed by atoms with E-state index in [0.717, 1.165) is 12.8 Å². The molecule has 8 nitrogen and oxygen atoms in total. The second-order valence-electron chi connectivity index (χ2n) is 5.65. The molecule has 0 aromatic carbocycles. The number of ether oxygens (including phenoxy) is 1. The van der Waals surface area contributed by atoms with Crippen molar-refractivity contribution in [2.75, 3.05) is 34.4 Å². The number of nitrogens with zero attached hydrogens (tertiary/aromatic N) is 2. The molecule has 0 saturated carbocycles. The fourth-order valence-electron chi connectivity index (χ4n) is 2.54. The molecule has 0 spiro atoms. The van der Waals surface area contributed by atoms with Gasteiger partial charge in [-0.3, -0.25) is 4.79 Å². The Labute approximate surface area is 136 Å². The molecule has 0 bridgehead atoms. The molecule has 2 heterocycles. The van der Waals surface area contributed by atoms with Gasteiger partial charge in [-0.05, 0) is 25.0 Å². The van der Waals surface area contributed by atoms with Crippen LogP contribution in [0.5, 0.6) is 0 Å². The van der Waals surface area contributed by atoms with Crippen LogP contribution < -0.4 is 4.72 Å². The van der Waals surface area contributed by atoms with Gasteiger partial charge in [-0.25, -0.2) is 0 Å². The van der Waals surface area contributed by atoms with Crippen molar-refractivity contribution in [2.24, 2.45) is 0 Å². The maximum atomic E-state index is 12.4. The molecular formula is C14H23N3O5S. The Kier molecular flexibility index (Phi) is 5.79. The predicted molar refractivity (Wildman–Crippen MR) is 84.1 cm³/mol. The van der Waals surface area contributed by atoms with E-state index in [4.69, 9.17) is 9.15 Å². The monoisotopic (exact) mass is 345 g/mol. The summed E-state index contributed by atoms with van der Waals surface area (Å²) in [7, 11) is 1.19. The molecule has 2 rings (SSSR count). The summed E-state index contributed by atoms with van der Waals surface area (Å²) in [5.74, 6) is 0.308. The molecule has 0 unspecified atom stereocenters. The van der Waals surface area contributed by atoms with Gasteiger partial charge in [-0.1, -0.05) is 0 Å². The Balaban J connectivity index is 1.98. The van der Waals surface area contributed by atoms with Crippen molar-refractivity contribution >= 4 is 16.1 Å². The van der Waals surface area contributed by atoms with E-state index in [1.54, 1.807) is 27.3 Å². The van der Waals surface area contributed by atoms with Gasteiger partial charge in [0.1, 0.15) is 5.76 Å². The van der Waals surface area contributed by atoms with E-state index < -0.39 is 10.2 Å². The van der Waals surface area contributed by atoms with E-state index in [1.807, 2.05) is 0 Å². The summed E-state index contributed by atoms with van der Waals surface area (Å²) in [5.41, 5.74) is 0. The van der Waals surface area contributed by atoms with Crippen molar-refractivity contribution in [3.8, 4) is 0 Å². The summed E-state index contributed by atoms with van der Waals surface area (Å²) < 4.78 is 39.1. The van der Waals surface area contributed by atoms with Crippen molar-refractivity contribution in [2.45, 2.75) is 25.4 Å². The lowest BCUT2D eigenvalue weighted by molar-refractivity contribution is 0.0795. The molecule has 1 amide bonds. The number of hydrogen-bond donors (Lipinski definition) is 1. The number of methoxy groups -OCH3 is 1. The first kappa shape index (κ1) is 17.9. The number of nitrogens with one attached hydrogen (secondary N) is 1. The number of rotatable bonds is 7. The molecule has 23 heavy (non-hydrogen) atoms. The molecule has 1 N–H and O–H groups in total. The summed E-state index contributed by atoms with van der Waals surface area (Å²) in [4.78, 5) is 13.1. The van der Waals surface area contributed by atoms with Crippen LogP contribution in [-0.4, -0.2) is 63.9 Å². The number of carbonyl (C=O) groups excluding carboxylic acids is 1. The average Bonchev–Trinajstić information content (AvgIpc) is 3.14. The molecule has 1 aliphatic heterocycles. The minimum absolute atomic E-state index is 0.000750. The third-order valence-electron chi connectivity index (χ3n) is 3.70. The Hall–Kier alpha value is -1.42. The molecule has 1 aromatic heterocycles. The van der Waals surface area contributed by atoms with E-state index in [0.29, 0.717) is 18.9 Å². The summed E-state index contributed by atoms with van der Waals surface area (Å²) in [5, 5.41) is 0. The minimum Gasteiger partial charge on any atom is -0.455 e. The first-order valence-corrected chi connectivity index (χ1v) is 8.85. The third-order valence-corrected chi connectivity index (χ3v) is 5.31. The quantitative estimate of drug-likeness (QED) is 0.773. The number of furan rings is 1. The van der Waals surface area contributed by atoms with Crippen LogP contribution in [0.1, 0.15) is 29.2 Å². The normalized spacial score (nSPS) is 19.2. The topological polar surface area (TPSA) is 92.1 Å². The van der Waals surface area contributed by atoms with Gasteiger partial charge in [0.05, 0.1) is 13.2 Å². The second-order valence-corrected chi connectivity index (χ2v) is 7.36. The first-order chi connectivity index (χ1) is 10.8. The zero-order valence-corrected chi connectivity index (χ0v) is 14.4. The summed E-state index contributed by atoms with van der Waals surface area (Å²) >= 11 is 0.